The summed E-state index contributed by atoms with van der Waals surface area (Å²) in [5.74, 6) is 0.366. The Morgan fingerprint density at radius 1 is 0.947 bits per heavy atom. The first-order valence-corrected chi connectivity index (χ1v) is 7.75. The molecule has 3 N–H and O–H groups in total. The van der Waals surface area contributed by atoms with Crippen LogP contribution in [0.5, 0.6) is 5.75 Å². The Labute approximate surface area is 118 Å². The van der Waals surface area contributed by atoms with E-state index in [0.717, 1.165) is 23.6 Å². The molecule has 1 aliphatic carbocycles. The molecule has 2 aromatic carbocycles. The third kappa shape index (κ3) is 2.72. The highest BCUT2D eigenvalue weighted by atomic mass is 32.2. The molecular formula is C16H19NOS. The van der Waals surface area contributed by atoms with Crippen molar-refractivity contribution in [3.05, 3.63) is 36.4 Å². The monoisotopic (exact) mass is 273 g/mol. The molecule has 3 heteroatoms. The average Bonchev–Trinajstić information content (AvgIpc) is 2.45. The van der Waals surface area contributed by atoms with Crippen LogP contribution < -0.4 is 5.73 Å². The lowest BCUT2D eigenvalue weighted by atomic mass is 9.96. The highest BCUT2D eigenvalue weighted by Gasteiger charge is 2.20. The van der Waals surface area contributed by atoms with E-state index in [-0.39, 0.29) is 0 Å². The van der Waals surface area contributed by atoms with E-state index in [0.29, 0.717) is 17.0 Å². The van der Waals surface area contributed by atoms with Gasteiger partial charge in [-0.3, -0.25) is 0 Å². The third-order valence-corrected chi connectivity index (χ3v) is 5.29. The topological polar surface area (TPSA) is 46.2 Å². The Kier molecular flexibility index (Phi) is 3.67. The van der Waals surface area contributed by atoms with E-state index < -0.39 is 0 Å². The lowest BCUT2D eigenvalue weighted by molar-refractivity contribution is 0.451. The van der Waals surface area contributed by atoms with Crippen molar-refractivity contribution in [1.82, 2.24) is 0 Å². The lowest BCUT2D eigenvalue weighted by Crippen LogP contribution is -2.27. The summed E-state index contributed by atoms with van der Waals surface area (Å²) in [5, 5.41) is 12.7. The largest absolute Gasteiger partial charge is 0.507 e. The Balaban J connectivity index is 1.87. The van der Waals surface area contributed by atoms with Crippen LogP contribution in [0.2, 0.25) is 0 Å². The lowest BCUT2D eigenvalue weighted by Gasteiger charge is -2.26. The molecule has 1 fully saturated rings. The van der Waals surface area contributed by atoms with E-state index in [1.807, 2.05) is 36.0 Å². The summed E-state index contributed by atoms with van der Waals surface area (Å²) in [6, 6.07) is 12.3. The molecule has 0 spiro atoms. The number of fused-ring (bicyclic) bond motifs is 1. The van der Waals surface area contributed by atoms with E-state index in [1.54, 1.807) is 6.07 Å². The summed E-state index contributed by atoms with van der Waals surface area (Å²) in [6.07, 6.45) is 4.66. The fourth-order valence-electron chi connectivity index (χ4n) is 2.74. The van der Waals surface area contributed by atoms with Crippen molar-refractivity contribution < 1.29 is 5.11 Å². The van der Waals surface area contributed by atoms with Gasteiger partial charge in [0.15, 0.2) is 0 Å². The predicted octanol–water partition coefficient (Wildman–Crippen LogP) is 3.91. The van der Waals surface area contributed by atoms with Crippen molar-refractivity contribution in [2.24, 2.45) is 5.73 Å². The van der Waals surface area contributed by atoms with Crippen LogP contribution in [0.1, 0.15) is 25.7 Å². The summed E-state index contributed by atoms with van der Waals surface area (Å²) >= 11 is 1.94. The molecule has 0 bridgehead atoms. The molecule has 0 heterocycles. The van der Waals surface area contributed by atoms with Gasteiger partial charge in [-0.15, -0.1) is 11.8 Å². The number of aromatic hydroxyl groups is 1. The van der Waals surface area contributed by atoms with Crippen LogP contribution in [0.15, 0.2) is 41.3 Å². The van der Waals surface area contributed by atoms with Crippen molar-refractivity contribution >= 4 is 22.5 Å². The van der Waals surface area contributed by atoms with Crippen molar-refractivity contribution in [2.45, 2.75) is 41.9 Å². The first kappa shape index (κ1) is 12.8. The number of hydrogen-bond acceptors (Lipinski definition) is 3. The molecule has 3 rings (SSSR count). The molecule has 1 saturated carbocycles. The summed E-state index contributed by atoms with van der Waals surface area (Å²) in [5.41, 5.74) is 5.96. The van der Waals surface area contributed by atoms with Gasteiger partial charge in [0.1, 0.15) is 5.75 Å². The van der Waals surface area contributed by atoms with Gasteiger partial charge in [-0.1, -0.05) is 24.3 Å². The second-order valence-corrected chi connectivity index (χ2v) is 6.63. The second kappa shape index (κ2) is 5.43. The van der Waals surface area contributed by atoms with Crippen LogP contribution >= 0.6 is 11.8 Å². The van der Waals surface area contributed by atoms with E-state index in [9.17, 15) is 5.11 Å². The van der Waals surface area contributed by atoms with Crippen molar-refractivity contribution in [3.63, 3.8) is 0 Å². The number of phenolic OH excluding ortho intramolecular Hbond substituents is 1. The molecule has 1 aliphatic rings. The minimum absolute atomic E-state index is 0.366. The normalized spacial score (nSPS) is 23.6. The molecule has 0 amide bonds. The van der Waals surface area contributed by atoms with Gasteiger partial charge in [-0.05, 0) is 43.2 Å². The maximum absolute atomic E-state index is 9.91. The van der Waals surface area contributed by atoms with Crippen LogP contribution in [-0.4, -0.2) is 16.4 Å². The van der Waals surface area contributed by atoms with Crippen molar-refractivity contribution in [3.8, 4) is 5.75 Å². The fraction of sp³-hybridized carbons (Fsp3) is 0.375. The molecule has 0 radical (unpaired) electrons. The molecule has 100 valence electrons. The van der Waals surface area contributed by atoms with E-state index in [1.165, 1.54) is 17.7 Å². The zero-order valence-electron chi connectivity index (χ0n) is 10.9. The third-order valence-electron chi connectivity index (χ3n) is 3.87. The second-order valence-electron chi connectivity index (χ2n) is 5.28. The zero-order valence-corrected chi connectivity index (χ0v) is 11.7. The standard InChI is InChI=1S/C16H19NOS/c17-11-5-7-12(8-6-11)19-16-10-9-15(18)13-3-1-2-4-14(13)16/h1-4,9-12,18H,5-8,17H2. The number of hydrogen-bond donors (Lipinski definition) is 2. The zero-order chi connectivity index (χ0) is 13.2. The van der Waals surface area contributed by atoms with Gasteiger partial charge in [0.05, 0.1) is 0 Å². The molecule has 0 atom stereocenters. The first-order chi connectivity index (χ1) is 9.24. The maximum Gasteiger partial charge on any atom is 0.123 e. The molecule has 19 heavy (non-hydrogen) atoms. The predicted molar refractivity (Wildman–Crippen MR) is 81.7 cm³/mol. The number of nitrogens with two attached hydrogens (primary N) is 1. The van der Waals surface area contributed by atoms with Gasteiger partial charge >= 0.3 is 0 Å². The highest BCUT2D eigenvalue weighted by molar-refractivity contribution is 8.00. The Morgan fingerprint density at radius 3 is 2.37 bits per heavy atom. The molecule has 2 nitrogen and oxygen atoms in total. The van der Waals surface area contributed by atoms with Gasteiger partial charge in [-0.25, -0.2) is 0 Å². The summed E-state index contributed by atoms with van der Waals surface area (Å²) in [7, 11) is 0. The van der Waals surface area contributed by atoms with E-state index in [2.05, 4.69) is 6.07 Å². The first-order valence-electron chi connectivity index (χ1n) is 6.87. The maximum atomic E-state index is 9.91. The number of rotatable bonds is 2. The van der Waals surface area contributed by atoms with Gasteiger partial charge in [-0.2, -0.15) is 0 Å². The van der Waals surface area contributed by atoms with Crippen LogP contribution in [0.25, 0.3) is 10.8 Å². The Hall–Kier alpha value is -1.19. The van der Waals surface area contributed by atoms with Gasteiger partial charge in [0.2, 0.25) is 0 Å². The molecular weight excluding hydrogens is 254 g/mol. The number of benzene rings is 2. The van der Waals surface area contributed by atoms with Crippen LogP contribution in [0.3, 0.4) is 0 Å². The minimum atomic E-state index is 0.366. The smallest absolute Gasteiger partial charge is 0.123 e. The number of phenols is 1. The van der Waals surface area contributed by atoms with Crippen molar-refractivity contribution in [1.29, 1.82) is 0 Å². The van der Waals surface area contributed by atoms with E-state index >= 15 is 0 Å². The summed E-state index contributed by atoms with van der Waals surface area (Å²) < 4.78 is 0. The Bertz CT molecular complexity index is 576. The quantitative estimate of drug-likeness (QED) is 0.872. The van der Waals surface area contributed by atoms with Gasteiger partial charge < -0.3 is 10.8 Å². The minimum Gasteiger partial charge on any atom is -0.507 e. The molecule has 2 aromatic rings. The van der Waals surface area contributed by atoms with Gasteiger partial charge in [0, 0.05) is 21.6 Å². The fourth-order valence-corrected chi connectivity index (χ4v) is 4.06. The molecule has 0 unspecified atom stereocenters. The van der Waals surface area contributed by atoms with Crippen LogP contribution in [0.4, 0.5) is 0 Å². The van der Waals surface area contributed by atoms with E-state index in [4.69, 9.17) is 5.73 Å². The summed E-state index contributed by atoms with van der Waals surface area (Å²) in [6.45, 7) is 0. The average molecular weight is 273 g/mol. The van der Waals surface area contributed by atoms with Gasteiger partial charge in [0.25, 0.3) is 0 Å². The van der Waals surface area contributed by atoms with Crippen molar-refractivity contribution in [2.75, 3.05) is 0 Å². The van der Waals surface area contributed by atoms with Crippen LogP contribution in [0, 0.1) is 0 Å². The highest BCUT2D eigenvalue weighted by Crippen LogP contribution is 2.39. The number of thioether (sulfide) groups is 1. The van der Waals surface area contributed by atoms with Crippen LogP contribution in [-0.2, 0) is 0 Å². The Morgan fingerprint density at radius 2 is 1.63 bits per heavy atom. The molecule has 0 aliphatic heterocycles. The SMILES string of the molecule is NC1CCC(Sc2ccc(O)c3ccccc23)CC1. The summed E-state index contributed by atoms with van der Waals surface area (Å²) in [4.78, 5) is 1.27. The molecule has 0 aromatic heterocycles. The molecule has 0 saturated heterocycles.